The van der Waals surface area contributed by atoms with Gasteiger partial charge in [-0.15, -0.1) is 0 Å². The number of anilines is 1. The normalized spacial score (nSPS) is 31.8. The van der Waals surface area contributed by atoms with Gasteiger partial charge in [-0.25, -0.2) is 0 Å². The molecule has 0 saturated carbocycles. The van der Waals surface area contributed by atoms with Crippen molar-refractivity contribution in [3.8, 4) is 0 Å². The van der Waals surface area contributed by atoms with E-state index in [2.05, 4.69) is 0 Å². The predicted molar refractivity (Wildman–Crippen MR) is 140 cm³/mol. The van der Waals surface area contributed by atoms with Crippen LogP contribution >= 0.6 is 0 Å². The number of rotatable bonds is 6. The van der Waals surface area contributed by atoms with Gasteiger partial charge in [-0.2, -0.15) is 0 Å². The molecule has 1 aromatic rings. The van der Waals surface area contributed by atoms with Crippen molar-refractivity contribution in [2.45, 2.75) is 64.3 Å². The molecule has 2 saturated heterocycles. The summed E-state index contributed by atoms with van der Waals surface area (Å²) in [6, 6.07) is 4.44. The zero-order chi connectivity index (χ0) is 26.5. The van der Waals surface area contributed by atoms with E-state index >= 15 is 0 Å². The maximum Gasteiger partial charge on any atom is 0.253 e. The molecular formula is C29H37N3O5. The molecule has 1 N–H and O–H groups in total. The van der Waals surface area contributed by atoms with Gasteiger partial charge >= 0.3 is 0 Å². The number of fused-ring (bicyclic) bond motifs is 2. The molecule has 4 aliphatic heterocycles. The number of ether oxygens (including phenoxy) is 1. The molecule has 0 bridgehead atoms. The lowest BCUT2D eigenvalue weighted by Crippen LogP contribution is -2.58. The summed E-state index contributed by atoms with van der Waals surface area (Å²) in [6.07, 6.45) is 8.26. The Labute approximate surface area is 218 Å². The van der Waals surface area contributed by atoms with E-state index in [9.17, 15) is 19.5 Å². The van der Waals surface area contributed by atoms with Crippen molar-refractivity contribution in [2.24, 2.45) is 11.8 Å². The van der Waals surface area contributed by atoms with Crippen LogP contribution in [-0.4, -0.2) is 82.7 Å². The van der Waals surface area contributed by atoms with Gasteiger partial charge in [0.2, 0.25) is 11.8 Å². The van der Waals surface area contributed by atoms with E-state index in [1.165, 1.54) is 4.90 Å². The highest BCUT2D eigenvalue weighted by Gasteiger charge is 2.72. The third-order valence-corrected chi connectivity index (χ3v) is 8.40. The summed E-state index contributed by atoms with van der Waals surface area (Å²) in [5, 5.41) is 10.3. The summed E-state index contributed by atoms with van der Waals surface area (Å²) in [4.78, 5) is 47.5. The summed E-state index contributed by atoms with van der Waals surface area (Å²) < 4.78 is 6.67. The first kappa shape index (κ1) is 25.7. The average Bonchev–Trinajstić information content (AvgIpc) is 3.20. The first-order chi connectivity index (χ1) is 17.8. The van der Waals surface area contributed by atoms with Crippen LogP contribution in [0, 0.1) is 25.7 Å². The summed E-state index contributed by atoms with van der Waals surface area (Å²) in [7, 11) is 0. The Morgan fingerprint density at radius 1 is 1.08 bits per heavy atom. The monoisotopic (exact) mass is 507 g/mol. The van der Waals surface area contributed by atoms with E-state index in [1.807, 2.05) is 70.2 Å². The van der Waals surface area contributed by atoms with Crippen LogP contribution in [0.25, 0.3) is 0 Å². The van der Waals surface area contributed by atoms with E-state index in [4.69, 9.17) is 4.74 Å². The Hall–Kier alpha value is -2.97. The topological polar surface area (TPSA) is 90.4 Å². The fraction of sp³-hybridized carbons (Fsp3) is 0.552. The summed E-state index contributed by atoms with van der Waals surface area (Å²) in [5.41, 5.74) is 1.49. The summed E-state index contributed by atoms with van der Waals surface area (Å²) >= 11 is 0. The number of benzene rings is 1. The Balaban J connectivity index is 1.65. The Bertz CT molecular complexity index is 1160. The van der Waals surface area contributed by atoms with E-state index in [-0.39, 0.29) is 24.3 Å². The number of nitrogens with zero attached hydrogens (tertiary/aromatic N) is 3. The molecule has 4 heterocycles. The van der Waals surface area contributed by atoms with Crippen molar-refractivity contribution in [1.29, 1.82) is 0 Å². The third kappa shape index (κ3) is 3.84. The molecule has 1 spiro atoms. The Kier molecular flexibility index (Phi) is 6.75. The minimum absolute atomic E-state index is 0.110. The average molecular weight is 508 g/mol. The van der Waals surface area contributed by atoms with Crippen molar-refractivity contribution in [1.82, 2.24) is 9.80 Å². The van der Waals surface area contributed by atoms with Gasteiger partial charge in [0.1, 0.15) is 11.6 Å². The number of hydrogen-bond donors (Lipinski definition) is 1. The quantitative estimate of drug-likeness (QED) is 0.597. The van der Waals surface area contributed by atoms with Gasteiger partial charge in [-0.3, -0.25) is 14.4 Å². The molecule has 2 fully saturated rings. The van der Waals surface area contributed by atoms with E-state index in [0.29, 0.717) is 26.1 Å². The van der Waals surface area contributed by atoms with Crippen molar-refractivity contribution in [2.75, 3.05) is 31.1 Å². The van der Waals surface area contributed by atoms with Crippen LogP contribution in [0.2, 0.25) is 0 Å². The van der Waals surface area contributed by atoms with Gasteiger partial charge in [0.25, 0.3) is 5.91 Å². The predicted octanol–water partition coefficient (Wildman–Crippen LogP) is 2.37. The van der Waals surface area contributed by atoms with Crippen molar-refractivity contribution < 1.29 is 24.2 Å². The largest absolute Gasteiger partial charge is 0.394 e. The zero-order valence-corrected chi connectivity index (χ0v) is 22.1. The highest BCUT2D eigenvalue weighted by molar-refractivity contribution is 6.06. The Morgan fingerprint density at radius 3 is 2.57 bits per heavy atom. The van der Waals surface area contributed by atoms with Gasteiger partial charge in [0, 0.05) is 25.3 Å². The number of aryl methyl sites for hydroxylation is 2. The molecule has 37 heavy (non-hydrogen) atoms. The van der Waals surface area contributed by atoms with E-state index < -0.39 is 35.6 Å². The number of likely N-dealkylation sites (tertiary alicyclic amines) is 1. The number of aliphatic hydroxyl groups is 1. The van der Waals surface area contributed by atoms with Gasteiger partial charge in [-0.1, -0.05) is 50.3 Å². The number of carbonyl (C=O) groups is 3. The maximum absolute atomic E-state index is 14.5. The van der Waals surface area contributed by atoms with Crippen LogP contribution in [0.15, 0.2) is 42.5 Å². The van der Waals surface area contributed by atoms with E-state index in [0.717, 1.165) is 23.2 Å². The smallest absolute Gasteiger partial charge is 0.253 e. The van der Waals surface area contributed by atoms with Crippen LogP contribution < -0.4 is 4.90 Å². The number of amides is 3. The van der Waals surface area contributed by atoms with E-state index in [1.54, 1.807) is 9.80 Å². The second-order valence-corrected chi connectivity index (χ2v) is 10.7. The third-order valence-electron chi connectivity index (χ3n) is 8.40. The molecule has 1 unspecified atom stereocenters. The van der Waals surface area contributed by atoms with Crippen LogP contribution in [0.4, 0.5) is 5.69 Å². The number of carbonyl (C=O) groups excluding carboxylic acids is 3. The molecular weight excluding hydrogens is 470 g/mol. The van der Waals surface area contributed by atoms with Crippen molar-refractivity contribution in [3.05, 3.63) is 53.6 Å². The highest BCUT2D eigenvalue weighted by Crippen LogP contribution is 2.54. The van der Waals surface area contributed by atoms with Gasteiger partial charge in [0.15, 0.2) is 0 Å². The van der Waals surface area contributed by atoms with Crippen molar-refractivity contribution in [3.63, 3.8) is 0 Å². The summed E-state index contributed by atoms with van der Waals surface area (Å²) in [6.45, 7) is 8.99. The minimum atomic E-state index is -1.28. The number of hydrogen-bond acceptors (Lipinski definition) is 5. The van der Waals surface area contributed by atoms with Crippen LogP contribution in [0.5, 0.6) is 0 Å². The lowest BCUT2D eigenvalue weighted by molar-refractivity contribution is -0.147. The second-order valence-electron chi connectivity index (χ2n) is 10.7. The first-order valence-electron chi connectivity index (χ1n) is 13.4. The standard InChI is InChI=1S/C29H37N3O5/c1-5-13-30-14-7-9-22-23(26(30)34)24-27(35)32(20(6-2)17-33)25-28(36)31(15-8-12-29(24,25)37-22)21-16-18(3)10-11-19(21)4/h7-12,16,20,22-25,33H,5-6,13-15,17H2,1-4H3/t20-,22-,23+,24-,25?,29-/m0/s1. The molecule has 1 aromatic carbocycles. The molecule has 4 aliphatic rings. The highest BCUT2D eigenvalue weighted by atomic mass is 16.5. The van der Waals surface area contributed by atoms with Gasteiger partial charge in [-0.05, 0) is 43.9 Å². The fourth-order valence-electron chi connectivity index (χ4n) is 6.63. The fourth-order valence-corrected chi connectivity index (χ4v) is 6.63. The zero-order valence-electron chi connectivity index (χ0n) is 22.1. The van der Waals surface area contributed by atoms with Crippen LogP contribution in [0.1, 0.15) is 37.8 Å². The molecule has 0 radical (unpaired) electrons. The molecule has 6 atom stereocenters. The molecule has 8 nitrogen and oxygen atoms in total. The molecule has 0 aliphatic carbocycles. The lowest BCUT2D eigenvalue weighted by Gasteiger charge is -2.38. The molecule has 0 aromatic heterocycles. The molecule has 3 amide bonds. The molecule has 8 heteroatoms. The summed E-state index contributed by atoms with van der Waals surface area (Å²) in [5.74, 6) is -2.21. The van der Waals surface area contributed by atoms with Gasteiger partial charge in [0.05, 0.1) is 30.6 Å². The number of aliphatic hydroxyl groups excluding tert-OH is 1. The second kappa shape index (κ2) is 9.72. The lowest BCUT2D eigenvalue weighted by atomic mass is 9.77. The minimum Gasteiger partial charge on any atom is -0.394 e. The van der Waals surface area contributed by atoms with Crippen molar-refractivity contribution >= 4 is 23.4 Å². The SMILES string of the molecule is CCCN1CC=C[C@@H]2O[C@]34C=CCN(c5cc(C)ccc5C)C(=O)C3N([C@@H](CC)CO)C(=O)[C@@H]4[C@@H]2C1=O. The van der Waals surface area contributed by atoms with Crippen LogP contribution in [0.3, 0.4) is 0 Å². The molecule has 198 valence electrons. The maximum atomic E-state index is 14.5. The van der Waals surface area contributed by atoms with Crippen LogP contribution in [-0.2, 0) is 19.1 Å². The first-order valence-corrected chi connectivity index (χ1v) is 13.4. The molecule has 5 rings (SSSR count). The van der Waals surface area contributed by atoms with Gasteiger partial charge < -0.3 is 24.5 Å². The Morgan fingerprint density at radius 2 is 1.86 bits per heavy atom.